The highest BCUT2D eigenvalue weighted by Crippen LogP contribution is 2.18. The normalized spacial score (nSPS) is 13.6. The fourth-order valence-corrected chi connectivity index (χ4v) is 3.51. The van der Waals surface area contributed by atoms with Crippen LogP contribution in [-0.2, 0) is 17.6 Å². The van der Waals surface area contributed by atoms with Crippen LogP contribution in [0.15, 0.2) is 58.9 Å². The molecule has 29 heavy (non-hydrogen) atoms. The zero-order valence-electron chi connectivity index (χ0n) is 16.8. The number of rotatable bonds is 7. The third-order valence-corrected chi connectivity index (χ3v) is 4.97. The lowest BCUT2D eigenvalue weighted by atomic mass is 9.99. The Balaban J connectivity index is 1.31. The van der Waals surface area contributed by atoms with Gasteiger partial charge in [-0.2, -0.15) is 15.3 Å². The molecule has 2 aromatic carbocycles. The summed E-state index contributed by atoms with van der Waals surface area (Å²) in [5, 5.41) is 19.9. The van der Waals surface area contributed by atoms with E-state index in [1.165, 1.54) is 5.56 Å². The zero-order valence-corrected chi connectivity index (χ0v) is 16.8. The highest BCUT2D eigenvalue weighted by molar-refractivity contribution is 6.15. The summed E-state index contributed by atoms with van der Waals surface area (Å²) in [6.45, 7) is 3.95. The molecule has 2 heterocycles. The molecule has 2 N–H and O–H groups in total. The molecule has 148 valence electrons. The Labute approximate surface area is 170 Å². The average Bonchev–Trinajstić information content (AvgIpc) is 3.35. The van der Waals surface area contributed by atoms with Crippen molar-refractivity contribution in [3.63, 3.8) is 0 Å². The molecule has 0 fully saturated rings. The summed E-state index contributed by atoms with van der Waals surface area (Å²) in [4.78, 5) is 11.8. The van der Waals surface area contributed by atoms with Crippen LogP contribution in [0.5, 0.6) is 0 Å². The number of aromatic nitrogens is 2. The molecule has 1 aromatic heterocycles. The second-order valence-electron chi connectivity index (χ2n) is 7.78. The van der Waals surface area contributed by atoms with Gasteiger partial charge in [-0.1, -0.05) is 30.3 Å². The third kappa shape index (κ3) is 4.77. The summed E-state index contributed by atoms with van der Waals surface area (Å²) in [7, 11) is 0. The van der Waals surface area contributed by atoms with Crippen LogP contribution >= 0.6 is 0 Å². The van der Waals surface area contributed by atoms with Gasteiger partial charge in [-0.25, -0.2) is 0 Å². The standard InChI is InChI=1S/C23H25N5O/c1-15(2)25-23(29)10-6-16-3-7-18(8-4-16)22-13-20(26-28-22)12-17-5-9-21-19(11-17)14-24-27-21/h3-5,7-9,11,14-15H,6,10,12-13H2,1-2H3,(H,24,27)(H,25,29). The third-order valence-electron chi connectivity index (χ3n) is 4.97. The Morgan fingerprint density at radius 1 is 1.10 bits per heavy atom. The Bertz CT molecular complexity index is 1080. The Morgan fingerprint density at radius 2 is 1.90 bits per heavy atom. The zero-order chi connectivity index (χ0) is 20.2. The van der Waals surface area contributed by atoms with E-state index in [1.54, 1.807) is 0 Å². The van der Waals surface area contributed by atoms with Gasteiger partial charge in [0.1, 0.15) is 0 Å². The first-order valence-electron chi connectivity index (χ1n) is 10.00. The Morgan fingerprint density at radius 3 is 2.69 bits per heavy atom. The Hall–Kier alpha value is -3.28. The predicted octanol–water partition coefficient (Wildman–Crippen LogP) is 3.81. The van der Waals surface area contributed by atoms with Crippen molar-refractivity contribution >= 4 is 28.2 Å². The number of hydrogen-bond donors (Lipinski definition) is 2. The SMILES string of the molecule is CC(C)NC(=O)CCc1ccc(C2=NN=C(Cc3ccc4[nH]ncc4c3)C2)cc1. The van der Waals surface area contributed by atoms with Crippen molar-refractivity contribution in [2.24, 2.45) is 10.2 Å². The van der Waals surface area contributed by atoms with Crippen LogP contribution in [-0.4, -0.2) is 33.6 Å². The molecule has 0 spiro atoms. The maximum absolute atomic E-state index is 11.8. The number of carbonyl (C=O) groups excluding carboxylic acids is 1. The lowest BCUT2D eigenvalue weighted by Gasteiger charge is -2.08. The van der Waals surface area contributed by atoms with Gasteiger partial charge in [0.05, 0.1) is 23.1 Å². The number of amides is 1. The largest absolute Gasteiger partial charge is 0.354 e. The molecular weight excluding hydrogens is 362 g/mol. The maximum atomic E-state index is 11.8. The summed E-state index contributed by atoms with van der Waals surface area (Å²) >= 11 is 0. The van der Waals surface area contributed by atoms with E-state index in [2.05, 4.69) is 68.2 Å². The number of nitrogens with one attached hydrogen (secondary N) is 2. The van der Waals surface area contributed by atoms with E-state index in [9.17, 15) is 4.79 Å². The maximum Gasteiger partial charge on any atom is 0.220 e. The number of nitrogens with zero attached hydrogens (tertiary/aromatic N) is 3. The van der Waals surface area contributed by atoms with Crippen molar-refractivity contribution in [2.45, 2.75) is 45.6 Å². The van der Waals surface area contributed by atoms with Gasteiger partial charge in [-0.15, -0.1) is 0 Å². The molecule has 1 aliphatic rings. The molecule has 4 rings (SSSR count). The van der Waals surface area contributed by atoms with Crippen molar-refractivity contribution in [2.75, 3.05) is 0 Å². The van der Waals surface area contributed by atoms with Crippen molar-refractivity contribution < 1.29 is 4.79 Å². The van der Waals surface area contributed by atoms with E-state index in [0.717, 1.165) is 52.7 Å². The van der Waals surface area contributed by atoms with Gasteiger partial charge < -0.3 is 5.32 Å². The van der Waals surface area contributed by atoms with Gasteiger partial charge in [0.15, 0.2) is 0 Å². The average molecular weight is 387 g/mol. The van der Waals surface area contributed by atoms with Gasteiger partial charge >= 0.3 is 0 Å². The van der Waals surface area contributed by atoms with E-state index in [-0.39, 0.29) is 11.9 Å². The minimum Gasteiger partial charge on any atom is -0.354 e. The smallest absolute Gasteiger partial charge is 0.220 e. The molecule has 6 nitrogen and oxygen atoms in total. The summed E-state index contributed by atoms with van der Waals surface area (Å²) in [5.41, 5.74) is 6.56. The number of aromatic amines is 1. The number of carbonyl (C=O) groups is 1. The number of benzene rings is 2. The predicted molar refractivity (Wildman–Crippen MR) is 116 cm³/mol. The van der Waals surface area contributed by atoms with Crippen LogP contribution in [0.25, 0.3) is 10.9 Å². The summed E-state index contributed by atoms with van der Waals surface area (Å²) in [6.07, 6.45) is 4.64. The molecule has 0 atom stereocenters. The minimum atomic E-state index is 0.0934. The molecule has 0 radical (unpaired) electrons. The van der Waals surface area contributed by atoms with Gasteiger partial charge in [0.2, 0.25) is 5.91 Å². The first-order chi connectivity index (χ1) is 14.1. The van der Waals surface area contributed by atoms with Crippen LogP contribution in [0.3, 0.4) is 0 Å². The number of hydrogen-bond acceptors (Lipinski definition) is 4. The number of fused-ring (bicyclic) bond motifs is 1. The second-order valence-corrected chi connectivity index (χ2v) is 7.78. The first-order valence-corrected chi connectivity index (χ1v) is 10.00. The van der Waals surface area contributed by atoms with Gasteiger partial charge in [0, 0.05) is 30.7 Å². The second kappa shape index (κ2) is 8.39. The molecule has 1 aliphatic heterocycles. The highest BCUT2D eigenvalue weighted by atomic mass is 16.1. The molecule has 3 aromatic rings. The molecule has 0 saturated carbocycles. The van der Waals surface area contributed by atoms with Gasteiger partial charge in [0.25, 0.3) is 0 Å². The quantitative estimate of drug-likeness (QED) is 0.646. The van der Waals surface area contributed by atoms with Crippen LogP contribution in [0.2, 0.25) is 0 Å². The molecule has 6 heteroatoms. The summed E-state index contributed by atoms with van der Waals surface area (Å²) in [5.74, 6) is 0.0934. The summed E-state index contributed by atoms with van der Waals surface area (Å²) < 4.78 is 0. The molecule has 0 unspecified atom stereocenters. The van der Waals surface area contributed by atoms with E-state index in [1.807, 2.05) is 20.0 Å². The highest BCUT2D eigenvalue weighted by Gasteiger charge is 2.15. The molecule has 0 saturated heterocycles. The van der Waals surface area contributed by atoms with Crippen LogP contribution in [0.1, 0.15) is 43.4 Å². The molecule has 0 bridgehead atoms. The van der Waals surface area contributed by atoms with E-state index < -0.39 is 0 Å². The first kappa shape index (κ1) is 19.1. The van der Waals surface area contributed by atoms with Crippen molar-refractivity contribution in [1.82, 2.24) is 15.5 Å². The van der Waals surface area contributed by atoms with Gasteiger partial charge in [-0.05, 0) is 49.1 Å². The topological polar surface area (TPSA) is 82.5 Å². The molecule has 1 amide bonds. The van der Waals surface area contributed by atoms with Crippen LogP contribution in [0, 0.1) is 0 Å². The van der Waals surface area contributed by atoms with E-state index in [0.29, 0.717) is 6.42 Å². The molecule has 0 aliphatic carbocycles. The van der Waals surface area contributed by atoms with Crippen LogP contribution in [0.4, 0.5) is 0 Å². The fraction of sp³-hybridized carbons (Fsp3) is 0.304. The molecular formula is C23H25N5O. The number of H-pyrrole nitrogens is 1. The minimum absolute atomic E-state index is 0.0934. The van der Waals surface area contributed by atoms with Crippen LogP contribution < -0.4 is 5.32 Å². The van der Waals surface area contributed by atoms with E-state index >= 15 is 0 Å². The van der Waals surface area contributed by atoms with Gasteiger partial charge in [-0.3, -0.25) is 9.89 Å². The lowest BCUT2D eigenvalue weighted by Crippen LogP contribution is -2.30. The van der Waals surface area contributed by atoms with Crippen molar-refractivity contribution in [1.29, 1.82) is 0 Å². The van der Waals surface area contributed by atoms with Crippen molar-refractivity contribution in [3.05, 3.63) is 65.4 Å². The fourth-order valence-electron chi connectivity index (χ4n) is 3.51. The number of aryl methyl sites for hydroxylation is 1. The summed E-state index contributed by atoms with van der Waals surface area (Å²) in [6, 6.07) is 14.8. The monoisotopic (exact) mass is 387 g/mol. The lowest BCUT2D eigenvalue weighted by molar-refractivity contribution is -0.121. The van der Waals surface area contributed by atoms with Crippen molar-refractivity contribution in [3.8, 4) is 0 Å². The van der Waals surface area contributed by atoms with E-state index in [4.69, 9.17) is 0 Å². The Kier molecular flexibility index (Phi) is 5.51.